The number of fused-ring (bicyclic) bond motifs is 1. The highest BCUT2D eigenvalue weighted by molar-refractivity contribution is 5.88. The van der Waals surface area contributed by atoms with E-state index in [1.165, 1.54) is 10.8 Å². The molecule has 0 amide bonds. The van der Waals surface area contributed by atoms with Crippen LogP contribution in [0.5, 0.6) is 5.75 Å². The molecule has 0 saturated heterocycles. The lowest BCUT2D eigenvalue weighted by Gasteiger charge is -2.18. The molecule has 0 bridgehead atoms. The molecule has 2 rings (SSSR count). The van der Waals surface area contributed by atoms with Gasteiger partial charge in [-0.25, -0.2) is 0 Å². The first kappa shape index (κ1) is 16.5. The van der Waals surface area contributed by atoms with E-state index in [1.807, 2.05) is 31.2 Å². The Morgan fingerprint density at radius 2 is 2.00 bits per heavy atom. The van der Waals surface area contributed by atoms with Crippen molar-refractivity contribution in [1.29, 1.82) is 0 Å². The summed E-state index contributed by atoms with van der Waals surface area (Å²) in [5, 5.41) is 2.39. The quantitative estimate of drug-likeness (QED) is 0.788. The number of allylic oxidation sites excluding steroid dienone is 1. The van der Waals surface area contributed by atoms with E-state index >= 15 is 0 Å². The van der Waals surface area contributed by atoms with Crippen LogP contribution < -0.4 is 10.5 Å². The van der Waals surface area contributed by atoms with E-state index in [-0.39, 0.29) is 18.4 Å². The molecule has 2 aromatic rings. The molecule has 0 aliphatic heterocycles. The lowest BCUT2D eigenvalue weighted by Crippen LogP contribution is -2.12. The third-order valence-electron chi connectivity index (χ3n) is 3.28. The Morgan fingerprint density at radius 1 is 1.25 bits per heavy atom. The highest BCUT2D eigenvalue weighted by Crippen LogP contribution is 2.34. The van der Waals surface area contributed by atoms with E-state index in [9.17, 15) is 0 Å². The van der Waals surface area contributed by atoms with Crippen molar-refractivity contribution < 1.29 is 4.74 Å². The van der Waals surface area contributed by atoms with Crippen LogP contribution in [0.4, 0.5) is 0 Å². The summed E-state index contributed by atoms with van der Waals surface area (Å²) in [6, 6.07) is 12.4. The molecule has 0 aliphatic carbocycles. The first-order chi connectivity index (χ1) is 9.27. The van der Waals surface area contributed by atoms with Crippen LogP contribution in [-0.2, 0) is 0 Å². The van der Waals surface area contributed by atoms with Gasteiger partial charge in [-0.1, -0.05) is 36.4 Å². The van der Waals surface area contributed by atoms with Gasteiger partial charge in [-0.2, -0.15) is 0 Å². The summed E-state index contributed by atoms with van der Waals surface area (Å²) in [7, 11) is 0. The standard InChI is InChI=1S/C17H21NO.ClH/c1-3-5-10-15(18)17-14-9-7-6-8-13(14)11-12-16(17)19-4-2;/h3,6-9,11-12,15H,1,4-5,10,18H2,2H3;1H/t15-;/m0./s1. The largest absolute Gasteiger partial charge is 0.494 e. The van der Waals surface area contributed by atoms with Gasteiger partial charge in [-0.05, 0) is 36.6 Å². The van der Waals surface area contributed by atoms with Gasteiger partial charge in [0.05, 0.1) is 6.61 Å². The number of hydrogen-bond donors (Lipinski definition) is 1. The summed E-state index contributed by atoms with van der Waals surface area (Å²) in [6.07, 6.45) is 3.71. The van der Waals surface area contributed by atoms with Crippen LogP contribution >= 0.6 is 12.4 Å². The zero-order chi connectivity index (χ0) is 13.7. The van der Waals surface area contributed by atoms with E-state index in [0.717, 1.165) is 24.2 Å². The zero-order valence-electron chi connectivity index (χ0n) is 11.8. The average Bonchev–Trinajstić information content (AvgIpc) is 2.45. The molecule has 2 N–H and O–H groups in total. The smallest absolute Gasteiger partial charge is 0.124 e. The highest BCUT2D eigenvalue weighted by atomic mass is 35.5. The predicted octanol–water partition coefficient (Wildman–Crippen LogP) is 4.63. The average molecular weight is 292 g/mol. The highest BCUT2D eigenvalue weighted by Gasteiger charge is 2.15. The maximum Gasteiger partial charge on any atom is 0.124 e. The third-order valence-corrected chi connectivity index (χ3v) is 3.28. The van der Waals surface area contributed by atoms with E-state index in [2.05, 4.69) is 24.8 Å². The van der Waals surface area contributed by atoms with Crippen LogP contribution in [0.2, 0.25) is 0 Å². The van der Waals surface area contributed by atoms with Crippen molar-refractivity contribution in [3.05, 3.63) is 54.6 Å². The fraction of sp³-hybridized carbons (Fsp3) is 0.294. The SMILES string of the molecule is C=CCC[C@H](N)c1c(OCC)ccc2ccccc12.Cl. The summed E-state index contributed by atoms with van der Waals surface area (Å²) in [5.74, 6) is 0.901. The molecule has 0 aromatic heterocycles. The number of rotatable bonds is 6. The molecule has 0 spiro atoms. The molecule has 0 unspecified atom stereocenters. The van der Waals surface area contributed by atoms with Crippen LogP contribution in [0, 0.1) is 0 Å². The molecule has 0 fully saturated rings. The van der Waals surface area contributed by atoms with Crippen LogP contribution in [0.1, 0.15) is 31.4 Å². The Balaban J connectivity index is 0.00000200. The van der Waals surface area contributed by atoms with Gasteiger partial charge in [-0.15, -0.1) is 19.0 Å². The molecule has 1 atom stereocenters. The molecule has 2 aromatic carbocycles. The molecule has 20 heavy (non-hydrogen) atoms. The molecular formula is C17H22ClNO. The monoisotopic (exact) mass is 291 g/mol. The predicted molar refractivity (Wildman–Crippen MR) is 88.7 cm³/mol. The van der Waals surface area contributed by atoms with E-state index in [1.54, 1.807) is 0 Å². The number of hydrogen-bond acceptors (Lipinski definition) is 2. The second-order valence-electron chi connectivity index (χ2n) is 4.60. The van der Waals surface area contributed by atoms with Gasteiger partial charge in [0.15, 0.2) is 0 Å². The van der Waals surface area contributed by atoms with Gasteiger partial charge >= 0.3 is 0 Å². The Bertz CT molecular complexity index is 568. The summed E-state index contributed by atoms with van der Waals surface area (Å²) in [5.41, 5.74) is 7.46. The molecule has 108 valence electrons. The molecule has 0 saturated carbocycles. The molecular weight excluding hydrogens is 270 g/mol. The van der Waals surface area contributed by atoms with E-state index < -0.39 is 0 Å². The van der Waals surface area contributed by atoms with Crippen molar-refractivity contribution in [2.45, 2.75) is 25.8 Å². The lowest BCUT2D eigenvalue weighted by molar-refractivity contribution is 0.334. The minimum Gasteiger partial charge on any atom is -0.494 e. The van der Waals surface area contributed by atoms with Gasteiger partial charge in [0.1, 0.15) is 5.75 Å². The van der Waals surface area contributed by atoms with Gasteiger partial charge in [0.25, 0.3) is 0 Å². The van der Waals surface area contributed by atoms with Gasteiger partial charge in [0, 0.05) is 11.6 Å². The van der Waals surface area contributed by atoms with Crippen LogP contribution in [0.15, 0.2) is 49.1 Å². The Hall–Kier alpha value is -1.51. The molecule has 0 aliphatic rings. The summed E-state index contributed by atoms with van der Waals surface area (Å²) in [4.78, 5) is 0. The minimum atomic E-state index is -0.0225. The number of nitrogens with two attached hydrogens (primary N) is 1. The topological polar surface area (TPSA) is 35.2 Å². The Labute approximate surface area is 127 Å². The second-order valence-corrected chi connectivity index (χ2v) is 4.60. The van der Waals surface area contributed by atoms with Crippen molar-refractivity contribution >= 4 is 23.2 Å². The minimum absolute atomic E-state index is 0. The van der Waals surface area contributed by atoms with Crippen molar-refractivity contribution in [1.82, 2.24) is 0 Å². The lowest BCUT2D eigenvalue weighted by atomic mass is 9.95. The fourth-order valence-electron chi connectivity index (χ4n) is 2.38. The second kappa shape index (κ2) is 7.93. The number of halogens is 1. The Morgan fingerprint density at radius 3 is 2.70 bits per heavy atom. The van der Waals surface area contributed by atoms with Crippen molar-refractivity contribution in [2.24, 2.45) is 5.73 Å². The van der Waals surface area contributed by atoms with Crippen molar-refractivity contribution in [3.63, 3.8) is 0 Å². The maximum atomic E-state index is 6.35. The third kappa shape index (κ3) is 3.53. The molecule has 0 heterocycles. The zero-order valence-corrected chi connectivity index (χ0v) is 12.7. The van der Waals surface area contributed by atoms with Gasteiger partial charge in [-0.3, -0.25) is 0 Å². The first-order valence-corrected chi connectivity index (χ1v) is 6.78. The van der Waals surface area contributed by atoms with E-state index in [0.29, 0.717) is 6.61 Å². The Kier molecular flexibility index (Phi) is 6.56. The molecule has 2 nitrogen and oxygen atoms in total. The van der Waals surface area contributed by atoms with Gasteiger partial charge in [0.2, 0.25) is 0 Å². The van der Waals surface area contributed by atoms with Gasteiger partial charge < -0.3 is 10.5 Å². The van der Waals surface area contributed by atoms with Crippen molar-refractivity contribution in [2.75, 3.05) is 6.61 Å². The fourth-order valence-corrected chi connectivity index (χ4v) is 2.38. The van der Waals surface area contributed by atoms with E-state index in [4.69, 9.17) is 10.5 Å². The first-order valence-electron chi connectivity index (χ1n) is 6.78. The van der Waals surface area contributed by atoms with Crippen LogP contribution in [0.3, 0.4) is 0 Å². The molecule has 3 heteroatoms. The van der Waals surface area contributed by atoms with Crippen molar-refractivity contribution in [3.8, 4) is 5.75 Å². The van der Waals surface area contributed by atoms with Crippen LogP contribution in [-0.4, -0.2) is 6.61 Å². The summed E-state index contributed by atoms with van der Waals surface area (Å²) >= 11 is 0. The number of benzene rings is 2. The summed E-state index contributed by atoms with van der Waals surface area (Å²) < 4.78 is 5.74. The molecule has 0 radical (unpaired) electrons. The maximum absolute atomic E-state index is 6.35. The normalized spacial score (nSPS) is 11.7. The number of ether oxygens (including phenoxy) is 1. The van der Waals surface area contributed by atoms with Crippen LogP contribution in [0.25, 0.3) is 10.8 Å². The summed E-state index contributed by atoms with van der Waals surface area (Å²) in [6.45, 7) is 6.41.